The van der Waals surface area contributed by atoms with Gasteiger partial charge in [-0.15, -0.1) is 0 Å². The largest absolute Gasteiger partial charge is 0.353 e. The topological polar surface area (TPSA) is 115 Å². The highest BCUT2D eigenvalue weighted by atomic mass is 32.2. The van der Waals surface area contributed by atoms with Crippen molar-refractivity contribution in [3.8, 4) is 0 Å². The van der Waals surface area contributed by atoms with E-state index in [0.717, 1.165) is 0 Å². The van der Waals surface area contributed by atoms with Crippen molar-refractivity contribution in [3.63, 3.8) is 0 Å². The van der Waals surface area contributed by atoms with E-state index in [4.69, 9.17) is 10.9 Å². The fraction of sp³-hybridized carbons (Fsp3) is 0.364. The molecule has 0 aromatic heterocycles. The molecule has 0 fully saturated rings. The molecule has 1 aromatic rings. The number of benzene rings is 1. The molecular weight excluding hydrogens is 254 g/mol. The summed E-state index contributed by atoms with van der Waals surface area (Å²) in [5.74, 6) is -0.763. The summed E-state index contributed by atoms with van der Waals surface area (Å²) in [6.07, 6.45) is 0. The normalized spacial score (nSPS) is 14.8. The number of rotatable bonds is 5. The van der Waals surface area contributed by atoms with Gasteiger partial charge in [-0.05, 0) is 12.5 Å². The lowest BCUT2D eigenvalue weighted by Crippen LogP contribution is -2.50. The highest BCUT2D eigenvalue weighted by molar-refractivity contribution is 7.89. The lowest BCUT2D eigenvalue weighted by molar-refractivity contribution is -0.125. The van der Waals surface area contributed by atoms with Gasteiger partial charge < -0.3 is 11.1 Å². The van der Waals surface area contributed by atoms with Gasteiger partial charge in [0.2, 0.25) is 15.9 Å². The number of hydrogen-bond acceptors (Lipinski definition) is 4. The maximum atomic E-state index is 11.9. The molecule has 1 aromatic carbocycles. The Balaban J connectivity index is 2.66. The summed E-state index contributed by atoms with van der Waals surface area (Å²) in [5.41, 5.74) is 5.38. The molecule has 0 saturated carbocycles. The van der Waals surface area contributed by atoms with Crippen LogP contribution < -0.4 is 16.2 Å². The van der Waals surface area contributed by atoms with Crippen LogP contribution >= 0.6 is 0 Å². The van der Waals surface area contributed by atoms with Crippen molar-refractivity contribution >= 4 is 15.9 Å². The van der Waals surface area contributed by atoms with Crippen molar-refractivity contribution < 1.29 is 13.2 Å². The van der Waals surface area contributed by atoms with Crippen molar-refractivity contribution in [2.75, 3.05) is 12.3 Å². The second-order valence-electron chi connectivity index (χ2n) is 4.19. The molecule has 0 saturated heterocycles. The summed E-state index contributed by atoms with van der Waals surface area (Å²) in [6.45, 7) is 1.51. The average Bonchev–Trinajstić information content (AvgIpc) is 2.28. The number of carbonyl (C=O) groups is 1. The molecule has 0 radical (unpaired) electrons. The fourth-order valence-electron chi connectivity index (χ4n) is 1.41. The number of amides is 1. The van der Waals surface area contributed by atoms with E-state index < -0.39 is 21.5 Å². The molecule has 0 bridgehead atoms. The minimum atomic E-state index is -3.59. The number of carbonyl (C=O) groups excluding carboxylic acids is 1. The van der Waals surface area contributed by atoms with Crippen molar-refractivity contribution in [3.05, 3.63) is 35.9 Å². The van der Waals surface area contributed by atoms with Gasteiger partial charge in [-0.25, -0.2) is 13.6 Å². The molecule has 18 heavy (non-hydrogen) atoms. The fourth-order valence-corrected chi connectivity index (χ4v) is 1.79. The van der Waals surface area contributed by atoms with Crippen molar-refractivity contribution in [1.29, 1.82) is 0 Å². The van der Waals surface area contributed by atoms with Gasteiger partial charge in [0.1, 0.15) is 5.54 Å². The average molecular weight is 271 g/mol. The third kappa shape index (κ3) is 4.10. The van der Waals surface area contributed by atoms with Crippen LogP contribution in [0.4, 0.5) is 0 Å². The van der Waals surface area contributed by atoms with Gasteiger partial charge in [0.05, 0.1) is 5.75 Å². The zero-order valence-electron chi connectivity index (χ0n) is 10.1. The molecule has 7 heteroatoms. The number of primary sulfonamides is 1. The highest BCUT2D eigenvalue weighted by Gasteiger charge is 2.29. The molecule has 0 spiro atoms. The number of sulfonamides is 1. The van der Waals surface area contributed by atoms with E-state index in [1.54, 1.807) is 31.2 Å². The molecule has 0 heterocycles. The van der Waals surface area contributed by atoms with Gasteiger partial charge in [-0.1, -0.05) is 30.3 Å². The SMILES string of the molecule is CC(N)(C(=O)NCCS(N)(=O)=O)c1ccccc1. The Morgan fingerprint density at radius 3 is 2.39 bits per heavy atom. The molecular formula is C11H17N3O3S. The summed E-state index contributed by atoms with van der Waals surface area (Å²) in [4.78, 5) is 11.9. The first-order chi connectivity index (χ1) is 8.23. The molecule has 6 nitrogen and oxygen atoms in total. The first kappa shape index (κ1) is 14.6. The van der Waals surface area contributed by atoms with E-state index in [9.17, 15) is 13.2 Å². The molecule has 100 valence electrons. The van der Waals surface area contributed by atoms with E-state index in [-0.39, 0.29) is 12.3 Å². The quantitative estimate of drug-likeness (QED) is 0.654. The highest BCUT2D eigenvalue weighted by Crippen LogP contribution is 2.16. The Bertz CT molecular complexity index is 512. The van der Waals surface area contributed by atoms with E-state index in [1.165, 1.54) is 0 Å². The Morgan fingerprint density at radius 2 is 1.89 bits per heavy atom. The standard InChI is InChI=1S/C11H17N3O3S/c1-11(12,9-5-3-2-4-6-9)10(15)14-7-8-18(13,16)17/h2-6H,7-8,12H2,1H3,(H,14,15)(H2,13,16,17). The smallest absolute Gasteiger partial charge is 0.244 e. The van der Waals surface area contributed by atoms with E-state index >= 15 is 0 Å². The Hall–Kier alpha value is -1.44. The third-order valence-electron chi connectivity index (χ3n) is 2.52. The van der Waals surface area contributed by atoms with Crippen LogP contribution in [-0.4, -0.2) is 26.6 Å². The summed E-state index contributed by atoms with van der Waals surface area (Å²) in [5, 5.41) is 7.29. The number of hydrogen-bond donors (Lipinski definition) is 3. The number of nitrogens with two attached hydrogens (primary N) is 2. The van der Waals surface area contributed by atoms with Crippen LogP contribution in [0.15, 0.2) is 30.3 Å². The number of nitrogens with one attached hydrogen (secondary N) is 1. The van der Waals surface area contributed by atoms with Gasteiger partial charge in [-0.3, -0.25) is 4.79 Å². The van der Waals surface area contributed by atoms with Gasteiger partial charge in [0, 0.05) is 6.54 Å². The van der Waals surface area contributed by atoms with Crippen LogP contribution in [0.2, 0.25) is 0 Å². The zero-order valence-corrected chi connectivity index (χ0v) is 10.9. The summed E-state index contributed by atoms with van der Waals surface area (Å²) in [7, 11) is -3.59. The van der Waals surface area contributed by atoms with Crippen LogP contribution in [0.5, 0.6) is 0 Å². The first-order valence-electron chi connectivity index (χ1n) is 5.36. The lowest BCUT2D eigenvalue weighted by Gasteiger charge is -2.23. The van der Waals surface area contributed by atoms with Crippen molar-refractivity contribution in [2.45, 2.75) is 12.5 Å². The second-order valence-corrected chi connectivity index (χ2v) is 5.93. The summed E-state index contributed by atoms with van der Waals surface area (Å²) < 4.78 is 21.5. The minimum absolute atomic E-state index is 0.0582. The Kier molecular flexibility index (Phi) is 4.44. The Morgan fingerprint density at radius 1 is 1.33 bits per heavy atom. The van der Waals surface area contributed by atoms with E-state index in [1.807, 2.05) is 6.07 Å². The monoisotopic (exact) mass is 271 g/mol. The third-order valence-corrected chi connectivity index (χ3v) is 3.29. The van der Waals surface area contributed by atoms with E-state index in [2.05, 4.69) is 5.32 Å². The molecule has 5 N–H and O–H groups in total. The van der Waals surface area contributed by atoms with Crippen LogP contribution in [0.3, 0.4) is 0 Å². The van der Waals surface area contributed by atoms with Gasteiger partial charge in [-0.2, -0.15) is 0 Å². The maximum absolute atomic E-state index is 11.9. The molecule has 1 atom stereocenters. The molecule has 1 amide bonds. The van der Waals surface area contributed by atoms with Crippen LogP contribution in [0, 0.1) is 0 Å². The predicted octanol–water partition coefficient (Wildman–Crippen LogP) is -0.735. The van der Waals surface area contributed by atoms with Crippen molar-refractivity contribution in [2.24, 2.45) is 10.9 Å². The molecule has 0 aliphatic rings. The minimum Gasteiger partial charge on any atom is -0.353 e. The lowest BCUT2D eigenvalue weighted by atomic mass is 9.92. The molecule has 0 aliphatic heterocycles. The van der Waals surface area contributed by atoms with Crippen LogP contribution in [-0.2, 0) is 20.4 Å². The van der Waals surface area contributed by atoms with Crippen molar-refractivity contribution in [1.82, 2.24) is 5.32 Å². The maximum Gasteiger partial charge on any atom is 0.244 e. The van der Waals surface area contributed by atoms with E-state index in [0.29, 0.717) is 5.56 Å². The molecule has 1 rings (SSSR count). The molecule has 1 unspecified atom stereocenters. The van der Waals surface area contributed by atoms with Crippen LogP contribution in [0.25, 0.3) is 0 Å². The Labute approximate surface area is 106 Å². The summed E-state index contributed by atoms with van der Waals surface area (Å²) >= 11 is 0. The summed E-state index contributed by atoms with van der Waals surface area (Å²) in [6, 6.07) is 8.84. The second kappa shape index (κ2) is 5.47. The predicted molar refractivity (Wildman–Crippen MR) is 69.0 cm³/mol. The van der Waals surface area contributed by atoms with Crippen LogP contribution in [0.1, 0.15) is 12.5 Å². The molecule has 0 aliphatic carbocycles. The van der Waals surface area contributed by atoms with Gasteiger partial charge in [0.15, 0.2) is 0 Å². The van der Waals surface area contributed by atoms with Gasteiger partial charge >= 0.3 is 0 Å². The first-order valence-corrected chi connectivity index (χ1v) is 7.08. The van der Waals surface area contributed by atoms with Gasteiger partial charge in [0.25, 0.3) is 0 Å². The zero-order chi connectivity index (χ0) is 13.8.